The van der Waals surface area contributed by atoms with Crippen LogP contribution in [0.25, 0.3) is 0 Å². The van der Waals surface area contributed by atoms with Crippen molar-refractivity contribution < 1.29 is 14.1 Å². The minimum atomic E-state index is -0.328. The molecule has 116 valence electrons. The Hall–Kier alpha value is -2.37. The smallest absolute Gasteiger partial charge is 0.267 e. The van der Waals surface area contributed by atoms with Gasteiger partial charge in [0.05, 0.1) is 0 Å². The number of aromatic nitrogens is 2. The fourth-order valence-electron chi connectivity index (χ4n) is 2.48. The van der Waals surface area contributed by atoms with Gasteiger partial charge in [-0.05, 0) is 43.5 Å². The van der Waals surface area contributed by atoms with E-state index < -0.39 is 0 Å². The Balaban J connectivity index is 1.78. The summed E-state index contributed by atoms with van der Waals surface area (Å²) in [7, 11) is 0. The fourth-order valence-corrected chi connectivity index (χ4v) is 2.48. The van der Waals surface area contributed by atoms with Crippen molar-refractivity contribution in [1.82, 2.24) is 15.5 Å². The van der Waals surface area contributed by atoms with Crippen LogP contribution in [0.4, 0.5) is 0 Å². The molecule has 6 nitrogen and oxygen atoms in total. The van der Waals surface area contributed by atoms with Crippen molar-refractivity contribution in [2.45, 2.75) is 39.2 Å². The minimum absolute atomic E-state index is 0.0170. The second-order valence-electron chi connectivity index (χ2n) is 5.34. The average Bonchev–Trinajstić information content (AvgIpc) is 2.93. The molecule has 0 saturated heterocycles. The molecule has 0 bridgehead atoms. The number of fused-ring (bicyclic) bond motifs is 1. The van der Waals surface area contributed by atoms with Crippen LogP contribution in [0.5, 0.6) is 5.75 Å². The lowest BCUT2D eigenvalue weighted by Gasteiger charge is -2.13. The van der Waals surface area contributed by atoms with Gasteiger partial charge in [-0.25, -0.2) is 0 Å². The van der Waals surface area contributed by atoms with Gasteiger partial charge in [0.2, 0.25) is 0 Å². The van der Waals surface area contributed by atoms with Gasteiger partial charge >= 0.3 is 0 Å². The monoisotopic (exact) mass is 301 g/mol. The highest BCUT2D eigenvalue weighted by Crippen LogP contribution is 2.25. The normalized spacial score (nSPS) is 15.6. The molecule has 0 aliphatic carbocycles. The third-order valence-electron chi connectivity index (χ3n) is 3.69. The number of carbonyl (C=O) groups excluding carboxylic acids is 1. The molecule has 1 aromatic heterocycles. The molecule has 1 aliphatic heterocycles. The van der Waals surface area contributed by atoms with Gasteiger partial charge < -0.3 is 14.6 Å². The summed E-state index contributed by atoms with van der Waals surface area (Å²) in [5.74, 6) is 1.82. The highest BCUT2D eigenvalue weighted by Gasteiger charge is 2.18. The standard InChI is InChI=1S/C16H19N3O3/c1-3-14-18-16(22-19-14)10(2)21-12-6-7-13-11(9-12)5-4-8-17-15(13)20/h6-7,9-10H,3-5,8H2,1-2H3,(H,17,20)/t10-/m0/s1. The van der Waals surface area contributed by atoms with E-state index >= 15 is 0 Å². The van der Waals surface area contributed by atoms with Gasteiger partial charge in [-0.2, -0.15) is 4.98 Å². The summed E-state index contributed by atoms with van der Waals surface area (Å²) in [6.45, 7) is 4.55. The molecule has 2 heterocycles. The van der Waals surface area contributed by atoms with E-state index in [-0.39, 0.29) is 12.0 Å². The van der Waals surface area contributed by atoms with E-state index in [4.69, 9.17) is 9.26 Å². The molecule has 0 fully saturated rings. The molecule has 6 heteroatoms. The quantitative estimate of drug-likeness (QED) is 0.938. The highest BCUT2D eigenvalue weighted by molar-refractivity contribution is 5.96. The van der Waals surface area contributed by atoms with Crippen LogP contribution in [-0.2, 0) is 12.8 Å². The largest absolute Gasteiger partial charge is 0.481 e. The zero-order valence-electron chi connectivity index (χ0n) is 12.8. The van der Waals surface area contributed by atoms with Gasteiger partial charge in [-0.1, -0.05) is 12.1 Å². The molecular weight excluding hydrogens is 282 g/mol. The number of nitrogens with one attached hydrogen (secondary N) is 1. The number of amides is 1. The Kier molecular flexibility index (Phi) is 4.09. The summed E-state index contributed by atoms with van der Waals surface area (Å²) in [6, 6.07) is 5.54. The second-order valence-corrected chi connectivity index (χ2v) is 5.34. The van der Waals surface area contributed by atoms with Crippen molar-refractivity contribution in [3.8, 4) is 5.75 Å². The fraction of sp³-hybridized carbons (Fsp3) is 0.438. The summed E-state index contributed by atoms with van der Waals surface area (Å²) in [5, 5.41) is 6.75. The predicted octanol–water partition coefficient (Wildman–Crippen LogP) is 2.45. The topological polar surface area (TPSA) is 77.3 Å². The Bertz CT molecular complexity index is 681. The van der Waals surface area contributed by atoms with Crippen LogP contribution >= 0.6 is 0 Å². The molecule has 1 N–H and O–H groups in total. The van der Waals surface area contributed by atoms with Crippen LogP contribution < -0.4 is 10.1 Å². The third kappa shape index (κ3) is 2.95. The van der Waals surface area contributed by atoms with Crippen molar-refractivity contribution in [3.63, 3.8) is 0 Å². The van der Waals surface area contributed by atoms with E-state index in [1.807, 2.05) is 26.0 Å². The molecule has 0 unspecified atom stereocenters. The van der Waals surface area contributed by atoms with Crippen molar-refractivity contribution in [2.75, 3.05) is 6.54 Å². The van der Waals surface area contributed by atoms with E-state index in [9.17, 15) is 4.79 Å². The molecule has 1 amide bonds. The highest BCUT2D eigenvalue weighted by atomic mass is 16.5. The van der Waals surface area contributed by atoms with Crippen LogP contribution in [0.3, 0.4) is 0 Å². The van der Waals surface area contributed by atoms with Crippen molar-refractivity contribution in [3.05, 3.63) is 41.0 Å². The summed E-state index contributed by atoms with van der Waals surface area (Å²) < 4.78 is 11.1. The zero-order valence-corrected chi connectivity index (χ0v) is 12.8. The van der Waals surface area contributed by atoms with Crippen molar-refractivity contribution in [1.29, 1.82) is 0 Å². The number of benzene rings is 1. The van der Waals surface area contributed by atoms with Crippen molar-refractivity contribution >= 4 is 5.91 Å². The Morgan fingerprint density at radius 2 is 2.32 bits per heavy atom. The predicted molar refractivity (Wildman–Crippen MR) is 79.8 cm³/mol. The Labute approximate surface area is 128 Å². The molecule has 0 saturated carbocycles. The molecule has 22 heavy (non-hydrogen) atoms. The molecular formula is C16H19N3O3. The Morgan fingerprint density at radius 3 is 3.09 bits per heavy atom. The van der Waals surface area contributed by atoms with E-state index in [1.165, 1.54) is 0 Å². The molecule has 3 rings (SSSR count). The molecule has 0 spiro atoms. The van der Waals surface area contributed by atoms with E-state index in [2.05, 4.69) is 15.5 Å². The number of rotatable bonds is 4. The van der Waals surface area contributed by atoms with Gasteiger partial charge in [-0.3, -0.25) is 4.79 Å². The molecule has 1 atom stereocenters. The lowest BCUT2D eigenvalue weighted by atomic mass is 10.0. The van der Waals surface area contributed by atoms with Crippen LogP contribution in [0.1, 0.15) is 54.0 Å². The van der Waals surface area contributed by atoms with Gasteiger partial charge in [0.25, 0.3) is 11.8 Å². The summed E-state index contributed by atoms with van der Waals surface area (Å²) in [5.41, 5.74) is 1.74. The van der Waals surface area contributed by atoms with Crippen LogP contribution in [0.2, 0.25) is 0 Å². The van der Waals surface area contributed by atoms with Crippen LogP contribution in [-0.4, -0.2) is 22.6 Å². The van der Waals surface area contributed by atoms with Gasteiger partial charge in [0.1, 0.15) is 5.75 Å². The second kappa shape index (κ2) is 6.17. The summed E-state index contributed by atoms with van der Waals surface area (Å²) in [6.07, 6.45) is 2.19. The number of carbonyl (C=O) groups is 1. The number of ether oxygens (including phenoxy) is 1. The summed E-state index contributed by atoms with van der Waals surface area (Å²) in [4.78, 5) is 16.2. The van der Waals surface area contributed by atoms with E-state index in [1.54, 1.807) is 6.07 Å². The molecule has 2 aromatic rings. The van der Waals surface area contributed by atoms with Crippen molar-refractivity contribution in [2.24, 2.45) is 0 Å². The first-order valence-corrected chi connectivity index (χ1v) is 7.57. The first-order chi connectivity index (χ1) is 10.7. The average molecular weight is 301 g/mol. The SMILES string of the molecule is CCc1noc([C@H](C)Oc2ccc3c(c2)CCCNC3=O)n1. The Morgan fingerprint density at radius 1 is 1.45 bits per heavy atom. The van der Waals surface area contributed by atoms with Gasteiger partial charge in [0.15, 0.2) is 11.9 Å². The first-order valence-electron chi connectivity index (χ1n) is 7.57. The third-order valence-corrected chi connectivity index (χ3v) is 3.69. The van der Waals surface area contributed by atoms with E-state index in [0.717, 1.165) is 30.4 Å². The van der Waals surface area contributed by atoms with Gasteiger partial charge in [0, 0.05) is 18.5 Å². The number of hydrogen-bond acceptors (Lipinski definition) is 5. The number of nitrogens with zero attached hydrogens (tertiary/aromatic N) is 2. The molecule has 1 aromatic carbocycles. The van der Waals surface area contributed by atoms with Gasteiger partial charge in [-0.15, -0.1) is 0 Å². The zero-order chi connectivity index (χ0) is 15.5. The van der Waals surface area contributed by atoms with Crippen LogP contribution in [0, 0.1) is 0 Å². The van der Waals surface area contributed by atoms with Crippen LogP contribution in [0.15, 0.2) is 22.7 Å². The maximum Gasteiger partial charge on any atom is 0.267 e. The molecule has 0 radical (unpaired) electrons. The summed E-state index contributed by atoms with van der Waals surface area (Å²) >= 11 is 0. The number of aryl methyl sites for hydroxylation is 2. The molecule has 1 aliphatic rings. The first kappa shape index (κ1) is 14.6. The number of hydrogen-bond donors (Lipinski definition) is 1. The lowest BCUT2D eigenvalue weighted by Crippen LogP contribution is -2.22. The lowest BCUT2D eigenvalue weighted by molar-refractivity contribution is 0.0956. The maximum absolute atomic E-state index is 11.9. The van der Waals surface area contributed by atoms with E-state index in [0.29, 0.717) is 24.0 Å². The maximum atomic E-state index is 11.9. The minimum Gasteiger partial charge on any atom is -0.481 e.